The number of carbonyl (C=O) groups excluding carboxylic acids is 2. The maximum Gasteiger partial charge on any atom is 0.174 e. The summed E-state index contributed by atoms with van der Waals surface area (Å²) < 4.78 is 0. The number of hydrogen-bond acceptors (Lipinski definition) is 3. The quantitative estimate of drug-likeness (QED) is 0.622. The zero-order chi connectivity index (χ0) is 11.9. The highest BCUT2D eigenvalue weighted by Gasteiger charge is 2.34. The second-order valence-corrected chi connectivity index (χ2v) is 5.46. The molecule has 0 N–H and O–H groups in total. The Balaban J connectivity index is 2.44. The van der Waals surface area contributed by atoms with E-state index in [0.29, 0.717) is 13.0 Å². The summed E-state index contributed by atoms with van der Waals surface area (Å²) in [7, 11) is 1.88. The van der Waals surface area contributed by atoms with Crippen LogP contribution >= 0.6 is 0 Å². The largest absolute Gasteiger partial charge is 0.370 e. The number of likely N-dealkylation sites (N-methyl/N-ethyl adjacent to an activating group) is 1. The number of ketones is 2. The number of hydrogen-bond donors (Lipinski definition) is 0. The van der Waals surface area contributed by atoms with Crippen LogP contribution in [0.25, 0.3) is 0 Å². The Morgan fingerprint density at radius 3 is 2.56 bits per heavy atom. The highest BCUT2D eigenvalue weighted by molar-refractivity contribution is 6.03. The van der Waals surface area contributed by atoms with E-state index < -0.39 is 0 Å². The molecule has 0 saturated heterocycles. The van der Waals surface area contributed by atoms with Crippen LogP contribution in [-0.2, 0) is 9.59 Å². The molecule has 3 nitrogen and oxygen atoms in total. The Hall–Kier alpha value is -1.38. The van der Waals surface area contributed by atoms with E-state index in [1.807, 2.05) is 11.9 Å². The minimum atomic E-state index is 0.00536. The molecule has 0 amide bonds. The monoisotopic (exact) mass is 219 g/mol. The second-order valence-electron chi connectivity index (χ2n) is 5.46. The lowest BCUT2D eigenvalue weighted by molar-refractivity contribution is -0.118. The molecule has 0 saturated carbocycles. The van der Waals surface area contributed by atoms with Gasteiger partial charge in [-0.05, 0) is 24.0 Å². The highest BCUT2D eigenvalue weighted by atomic mass is 16.1. The number of nitrogens with zero attached hydrogens (tertiary/aromatic N) is 1. The Kier molecular flexibility index (Phi) is 2.49. The van der Waals surface area contributed by atoms with Gasteiger partial charge in [0.1, 0.15) is 0 Å². The summed E-state index contributed by atoms with van der Waals surface area (Å²) >= 11 is 0. The predicted molar refractivity (Wildman–Crippen MR) is 61.8 cm³/mol. The van der Waals surface area contributed by atoms with E-state index in [1.165, 1.54) is 6.08 Å². The van der Waals surface area contributed by atoms with Gasteiger partial charge in [0.15, 0.2) is 11.6 Å². The molecule has 2 aliphatic rings. The topological polar surface area (TPSA) is 37.4 Å². The van der Waals surface area contributed by atoms with Gasteiger partial charge in [0, 0.05) is 24.7 Å². The van der Waals surface area contributed by atoms with E-state index in [0.717, 1.165) is 17.7 Å². The molecule has 3 heteroatoms. The Labute approximate surface area is 95.8 Å². The molecule has 86 valence electrons. The molecule has 0 unspecified atom stereocenters. The molecule has 1 aliphatic heterocycles. The van der Waals surface area contributed by atoms with E-state index in [4.69, 9.17) is 0 Å². The minimum Gasteiger partial charge on any atom is -0.370 e. The van der Waals surface area contributed by atoms with Gasteiger partial charge >= 0.3 is 0 Å². The van der Waals surface area contributed by atoms with Crippen molar-refractivity contribution in [2.24, 2.45) is 5.41 Å². The van der Waals surface area contributed by atoms with E-state index in [1.54, 1.807) is 6.08 Å². The van der Waals surface area contributed by atoms with E-state index in [2.05, 4.69) is 13.8 Å². The van der Waals surface area contributed by atoms with Crippen LogP contribution in [0.5, 0.6) is 0 Å². The van der Waals surface area contributed by atoms with Gasteiger partial charge in [-0.3, -0.25) is 9.59 Å². The number of carbonyl (C=O) groups is 2. The number of allylic oxidation sites excluding steroid dienone is 3. The standard InChI is InChI=1S/C13H17NO2/c1-13(2)6-11-10(12(16)7-13)5-4-9(15)8-14(11)3/h4-5H,6-8H2,1-3H3. The first kappa shape index (κ1) is 11.1. The molecule has 16 heavy (non-hydrogen) atoms. The van der Waals surface area contributed by atoms with Crippen molar-refractivity contribution in [3.8, 4) is 0 Å². The van der Waals surface area contributed by atoms with Crippen LogP contribution in [0.15, 0.2) is 23.4 Å². The zero-order valence-electron chi connectivity index (χ0n) is 10.0. The van der Waals surface area contributed by atoms with Crippen LogP contribution in [0.1, 0.15) is 26.7 Å². The third-order valence-electron chi connectivity index (χ3n) is 3.19. The fourth-order valence-corrected chi connectivity index (χ4v) is 2.39. The van der Waals surface area contributed by atoms with Crippen LogP contribution in [0.3, 0.4) is 0 Å². The van der Waals surface area contributed by atoms with E-state index in [9.17, 15) is 9.59 Å². The number of Topliss-reactive ketones (excluding diaryl/α,β-unsaturated/α-hetero) is 1. The first-order valence-electron chi connectivity index (χ1n) is 5.57. The molecule has 0 aromatic carbocycles. The molecule has 0 spiro atoms. The van der Waals surface area contributed by atoms with Crippen molar-refractivity contribution in [1.29, 1.82) is 0 Å². The summed E-state index contributed by atoms with van der Waals surface area (Å²) in [4.78, 5) is 25.4. The lowest BCUT2D eigenvalue weighted by Crippen LogP contribution is -2.32. The third kappa shape index (κ3) is 1.94. The fraction of sp³-hybridized carbons (Fsp3) is 0.538. The average molecular weight is 219 g/mol. The van der Waals surface area contributed by atoms with Crippen molar-refractivity contribution in [2.45, 2.75) is 26.7 Å². The lowest BCUT2D eigenvalue weighted by atomic mass is 9.75. The average Bonchev–Trinajstić information content (AvgIpc) is 2.25. The van der Waals surface area contributed by atoms with Gasteiger partial charge in [0.2, 0.25) is 0 Å². The molecule has 0 fully saturated rings. The van der Waals surface area contributed by atoms with Gasteiger partial charge in [-0.25, -0.2) is 0 Å². The smallest absolute Gasteiger partial charge is 0.174 e. The molecule has 0 bridgehead atoms. The van der Waals surface area contributed by atoms with Crippen LogP contribution in [-0.4, -0.2) is 30.1 Å². The first-order chi connectivity index (χ1) is 7.39. The van der Waals surface area contributed by atoms with Crippen LogP contribution in [0, 0.1) is 5.41 Å². The normalized spacial score (nSPS) is 24.6. The van der Waals surface area contributed by atoms with Gasteiger partial charge in [-0.2, -0.15) is 0 Å². The Morgan fingerprint density at radius 1 is 1.19 bits per heavy atom. The van der Waals surface area contributed by atoms with Crippen molar-refractivity contribution < 1.29 is 9.59 Å². The SMILES string of the molecule is CN1CC(=O)C=CC2=C1CC(C)(C)CC2=O. The summed E-state index contributed by atoms with van der Waals surface area (Å²) in [6.45, 7) is 4.57. The van der Waals surface area contributed by atoms with Gasteiger partial charge in [-0.15, -0.1) is 0 Å². The molecular formula is C13H17NO2. The molecule has 0 radical (unpaired) electrons. The molecular weight excluding hydrogens is 202 g/mol. The van der Waals surface area contributed by atoms with Crippen molar-refractivity contribution in [3.63, 3.8) is 0 Å². The first-order valence-corrected chi connectivity index (χ1v) is 5.57. The highest BCUT2D eigenvalue weighted by Crippen LogP contribution is 2.38. The predicted octanol–water partition coefficient (Wildman–Crippen LogP) is 1.70. The van der Waals surface area contributed by atoms with Gasteiger partial charge in [0.05, 0.1) is 6.54 Å². The van der Waals surface area contributed by atoms with Crippen LogP contribution in [0.4, 0.5) is 0 Å². The molecule has 0 aromatic heterocycles. The maximum absolute atomic E-state index is 12.0. The molecule has 0 atom stereocenters. The second kappa shape index (κ2) is 3.58. The fourth-order valence-electron chi connectivity index (χ4n) is 2.39. The Bertz CT molecular complexity index is 416. The summed E-state index contributed by atoms with van der Waals surface area (Å²) in [5.74, 6) is 0.214. The van der Waals surface area contributed by atoms with Crippen molar-refractivity contribution in [3.05, 3.63) is 23.4 Å². The van der Waals surface area contributed by atoms with Crippen molar-refractivity contribution in [2.75, 3.05) is 13.6 Å². The zero-order valence-corrected chi connectivity index (χ0v) is 10.0. The van der Waals surface area contributed by atoms with Gasteiger partial charge in [-0.1, -0.05) is 13.8 Å². The Morgan fingerprint density at radius 2 is 1.88 bits per heavy atom. The van der Waals surface area contributed by atoms with Crippen LogP contribution < -0.4 is 0 Å². The van der Waals surface area contributed by atoms with E-state index in [-0.39, 0.29) is 17.0 Å². The molecule has 2 rings (SSSR count). The molecule has 0 aromatic rings. The van der Waals surface area contributed by atoms with Crippen molar-refractivity contribution >= 4 is 11.6 Å². The summed E-state index contributed by atoms with van der Waals surface area (Å²) in [6, 6.07) is 0. The minimum absolute atomic E-state index is 0.00536. The summed E-state index contributed by atoms with van der Waals surface area (Å²) in [5, 5.41) is 0. The van der Waals surface area contributed by atoms with Gasteiger partial charge in [0.25, 0.3) is 0 Å². The lowest BCUT2D eigenvalue weighted by Gasteiger charge is -2.34. The number of rotatable bonds is 0. The summed E-state index contributed by atoms with van der Waals surface area (Å²) in [5.41, 5.74) is 1.75. The maximum atomic E-state index is 12.0. The van der Waals surface area contributed by atoms with Gasteiger partial charge < -0.3 is 4.90 Å². The van der Waals surface area contributed by atoms with Crippen molar-refractivity contribution in [1.82, 2.24) is 4.90 Å². The molecule has 1 aliphatic carbocycles. The molecule has 1 heterocycles. The third-order valence-corrected chi connectivity index (χ3v) is 3.19. The van der Waals surface area contributed by atoms with E-state index >= 15 is 0 Å². The van der Waals surface area contributed by atoms with Crippen LogP contribution in [0.2, 0.25) is 0 Å². The summed E-state index contributed by atoms with van der Waals surface area (Å²) in [6.07, 6.45) is 4.65.